The largest absolute Gasteiger partial charge is 0.468 e. The maximum atomic E-state index is 11.6. The number of carbonyl (C=O) groups is 1. The maximum Gasteiger partial charge on any atom is 0.323 e. The van der Waals surface area contributed by atoms with Crippen LogP contribution in [0.2, 0.25) is 0 Å². The van der Waals surface area contributed by atoms with Crippen LogP contribution in [0.15, 0.2) is 27.8 Å². The molecule has 1 N–H and O–H groups in total. The summed E-state index contributed by atoms with van der Waals surface area (Å²) in [5, 5.41) is 4.05. The van der Waals surface area contributed by atoms with Crippen LogP contribution in [0.5, 0.6) is 0 Å². The van der Waals surface area contributed by atoms with Gasteiger partial charge in [-0.1, -0.05) is 13.8 Å². The molecule has 0 amide bonds. The number of ether oxygens (including phenoxy) is 1. The van der Waals surface area contributed by atoms with Gasteiger partial charge in [0, 0.05) is 22.5 Å². The first-order valence-electron chi connectivity index (χ1n) is 5.61. The smallest absolute Gasteiger partial charge is 0.323 e. The van der Waals surface area contributed by atoms with Crippen LogP contribution < -0.4 is 5.32 Å². The van der Waals surface area contributed by atoms with Gasteiger partial charge in [0.05, 0.1) is 7.11 Å². The molecule has 0 fully saturated rings. The maximum absolute atomic E-state index is 11.6. The number of nitrogens with one attached hydrogen (secondary N) is 1. The van der Waals surface area contributed by atoms with Crippen molar-refractivity contribution in [1.29, 1.82) is 0 Å². The van der Waals surface area contributed by atoms with E-state index in [1.807, 2.05) is 26.0 Å². The predicted molar refractivity (Wildman–Crippen MR) is 76.7 cm³/mol. The summed E-state index contributed by atoms with van der Waals surface area (Å²) in [5.41, 5.74) is 0. The molecule has 0 saturated heterocycles. The Morgan fingerprint density at radius 1 is 1.61 bits per heavy atom. The van der Waals surface area contributed by atoms with E-state index in [0.717, 1.165) is 9.50 Å². The average molecular weight is 333 g/mol. The highest BCUT2D eigenvalue weighted by molar-refractivity contribution is 9.10. The quantitative estimate of drug-likeness (QED) is 0.640. The van der Waals surface area contributed by atoms with E-state index in [1.165, 1.54) is 18.9 Å². The van der Waals surface area contributed by atoms with Gasteiger partial charge >= 0.3 is 5.97 Å². The van der Waals surface area contributed by atoms with Crippen molar-refractivity contribution in [3.05, 3.63) is 22.8 Å². The standard InChI is InChI=1S/C12H17BrN2O2S/c1-8(2)15-10(12(16)17-3)7-18-11-9(13)5-4-6-14-11/h4-6,8,10,15H,7H2,1-3H3. The molecule has 1 heterocycles. The molecule has 1 aromatic heterocycles. The van der Waals surface area contributed by atoms with Gasteiger partial charge < -0.3 is 10.1 Å². The lowest BCUT2D eigenvalue weighted by Gasteiger charge is -2.18. The fourth-order valence-electron chi connectivity index (χ4n) is 1.37. The Morgan fingerprint density at radius 3 is 2.89 bits per heavy atom. The van der Waals surface area contributed by atoms with E-state index in [0.29, 0.717) is 5.75 Å². The molecular formula is C12H17BrN2O2S. The number of rotatable bonds is 6. The van der Waals surface area contributed by atoms with Gasteiger partial charge in [-0.15, -0.1) is 11.8 Å². The number of esters is 1. The van der Waals surface area contributed by atoms with Crippen molar-refractivity contribution >= 4 is 33.7 Å². The minimum atomic E-state index is -0.325. The van der Waals surface area contributed by atoms with Crippen LogP contribution in [0.3, 0.4) is 0 Å². The van der Waals surface area contributed by atoms with Crippen molar-refractivity contribution in [2.75, 3.05) is 12.9 Å². The van der Waals surface area contributed by atoms with E-state index in [4.69, 9.17) is 4.74 Å². The van der Waals surface area contributed by atoms with Gasteiger partial charge in [0.2, 0.25) is 0 Å². The molecule has 1 rings (SSSR count). The molecule has 6 heteroatoms. The number of methoxy groups -OCH3 is 1. The monoisotopic (exact) mass is 332 g/mol. The van der Waals surface area contributed by atoms with Crippen LogP contribution in [0, 0.1) is 0 Å². The number of pyridine rings is 1. The molecule has 0 aliphatic carbocycles. The second-order valence-electron chi connectivity index (χ2n) is 4.00. The zero-order valence-corrected chi connectivity index (χ0v) is 13.0. The van der Waals surface area contributed by atoms with Gasteiger partial charge in [0.15, 0.2) is 0 Å². The number of aromatic nitrogens is 1. The highest BCUT2D eigenvalue weighted by Gasteiger charge is 2.20. The summed E-state index contributed by atoms with van der Waals surface area (Å²) in [7, 11) is 1.40. The van der Waals surface area contributed by atoms with E-state index in [-0.39, 0.29) is 18.1 Å². The van der Waals surface area contributed by atoms with Crippen molar-refractivity contribution in [1.82, 2.24) is 10.3 Å². The molecule has 0 aliphatic rings. The second kappa shape index (κ2) is 7.76. The Kier molecular flexibility index (Phi) is 6.67. The molecule has 0 aromatic carbocycles. The topological polar surface area (TPSA) is 51.2 Å². The summed E-state index contributed by atoms with van der Waals surface area (Å²) in [4.78, 5) is 15.9. The number of halogens is 1. The summed E-state index contributed by atoms with van der Waals surface area (Å²) in [5.74, 6) is 0.337. The van der Waals surface area contributed by atoms with Crippen LogP contribution in [0.4, 0.5) is 0 Å². The summed E-state index contributed by atoms with van der Waals surface area (Å²) in [6.45, 7) is 3.99. The van der Waals surface area contributed by atoms with Gasteiger partial charge in [-0.2, -0.15) is 0 Å². The SMILES string of the molecule is COC(=O)C(CSc1ncccc1Br)NC(C)C. The molecule has 100 valence electrons. The summed E-state index contributed by atoms with van der Waals surface area (Å²) in [6, 6.07) is 3.69. The Bertz CT molecular complexity index is 401. The van der Waals surface area contributed by atoms with Crippen molar-refractivity contribution in [2.45, 2.75) is 31.0 Å². The molecule has 0 saturated carbocycles. The lowest BCUT2D eigenvalue weighted by molar-refractivity contribution is -0.142. The van der Waals surface area contributed by atoms with E-state index in [2.05, 4.69) is 26.2 Å². The highest BCUT2D eigenvalue weighted by atomic mass is 79.9. The lowest BCUT2D eigenvalue weighted by atomic mass is 10.3. The number of hydrogen-bond donors (Lipinski definition) is 1. The molecule has 1 aromatic rings. The van der Waals surface area contributed by atoms with Crippen molar-refractivity contribution in [2.24, 2.45) is 0 Å². The Hall–Kier alpha value is -0.590. The van der Waals surface area contributed by atoms with Crippen LogP contribution >= 0.6 is 27.7 Å². The van der Waals surface area contributed by atoms with E-state index in [9.17, 15) is 4.79 Å². The minimum absolute atomic E-state index is 0.224. The highest BCUT2D eigenvalue weighted by Crippen LogP contribution is 2.25. The van der Waals surface area contributed by atoms with E-state index in [1.54, 1.807) is 6.20 Å². The molecular weight excluding hydrogens is 316 g/mol. The third-order valence-electron chi connectivity index (χ3n) is 2.13. The lowest BCUT2D eigenvalue weighted by Crippen LogP contribution is -2.43. The first kappa shape index (κ1) is 15.5. The number of thioether (sulfide) groups is 1. The second-order valence-corrected chi connectivity index (χ2v) is 5.86. The van der Waals surface area contributed by atoms with Crippen LogP contribution in [0.25, 0.3) is 0 Å². The molecule has 0 aliphatic heterocycles. The first-order valence-corrected chi connectivity index (χ1v) is 7.39. The van der Waals surface area contributed by atoms with Crippen LogP contribution in [-0.4, -0.2) is 35.9 Å². The molecule has 0 bridgehead atoms. The molecule has 1 unspecified atom stereocenters. The van der Waals surface area contributed by atoms with E-state index >= 15 is 0 Å². The van der Waals surface area contributed by atoms with Crippen LogP contribution in [0.1, 0.15) is 13.8 Å². The van der Waals surface area contributed by atoms with Crippen molar-refractivity contribution in [3.8, 4) is 0 Å². The third-order valence-corrected chi connectivity index (χ3v) is 4.13. The molecule has 4 nitrogen and oxygen atoms in total. The predicted octanol–water partition coefficient (Wildman–Crippen LogP) is 2.48. The van der Waals surface area contributed by atoms with Gasteiger partial charge in [0.1, 0.15) is 11.1 Å². The Labute approximate surface area is 120 Å². The summed E-state index contributed by atoms with van der Waals surface area (Å²) in [6.07, 6.45) is 1.73. The number of hydrogen-bond acceptors (Lipinski definition) is 5. The van der Waals surface area contributed by atoms with Crippen molar-refractivity contribution in [3.63, 3.8) is 0 Å². The Balaban J connectivity index is 2.62. The van der Waals surface area contributed by atoms with Gasteiger partial charge in [0.25, 0.3) is 0 Å². The molecule has 0 radical (unpaired) electrons. The van der Waals surface area contributed by atoms with Gasteiger partial charge in [-0.05, 0) is 28.1 Å². The zero-order valence-electron chi connectivity index (χ0n) is 10.6. The zero-order chi connectivity index (χ0) is 13.5. The van der Waals surface area contributed by atoms with Gasteiger partial charge in [-0.3, -0.25) is 4.79 Å². The molecule has 1 atom stereocenters. The minimum Gasteiger partial charge on any atom is -0.468 e. The first-order chi connectivity index (χ1) is 8.54. The van der Waals surface area contributed by atoms with E-state index < -0.39 is 0 Å². The fourth-order valence-corrected chi connectivity index (χ4v) is 2.87. The summed E-state index contributed by atoms with van der Waals surface area (Å²) >= 11 is 4.95. The summed E-state index contributed by atoms with van der Waals surface area (Å²) < 4.78 is 5.72. The molecule has 0 spiro atoms. The third kappa shape index (κ3) is 4.96. The number of nitrogens with zero attached hydrogens (tertiary/aromatic N) is 1. The Morgan fingerprint density at radius 2 is 2.33 bits per heavy atom. The molecule has 18 heavy (non-hydrogen) atoms. The normalized spacial score (nSPS) is 12.5. The fraction of sp³-hybridized carbons (Fsp3) is 0.500. The number of carbonyl (C=O) groups excluding carboxylic acids is 1. The average Bonchev–Trinajstić information content (AvgIpc) is 2.34. The van der Waals surface area contributed by atoms with Crippen molar-refractivity contribution < 1.29 is 9.53 Å². The van der Waals surface area contributed by atoms with Crippen LogP contribution in [-0.2, 0) is 9.53 Å². The van der Waals surface area contributed by atoms with Gasteiger partial charge in [-0.25, -0.2) is 4.98 Å².